The first kappa shape index (κ1) is 22.2. The predicted octanol–water partition coefficient (Wildman–Crippen LogP) is 5.99. The Balaban J connectivity index is 1.33. The highest BCUT2D eigenvalue weighted by Crippen LogP contribution is 2.33. The van der Waals surface area contributed by atoms with E-state index < -0.39 is 0 Å². The number of hydrogen-bond donors (Lipinski definition) is 1. The molecular formula is C23H22ClN5O2S2. The molecule has 1 aliphatic carbocycles. The molecule has 3 aromatic heterocycles. The van der Waals surface area contributed by atoms with Crippen LogP contribution < -0.4 is 5.32 Å². The van der Waals surface area contributed by atoms with E-state index in [1.54, 1.807) is 6.26 Å². The summed E-state index contributed by atoms with van der Waals surface area (Å²) in [6.07, 6.45) is 7.31. The average Bonchev–Trinajstić information content (AvgIpc) is 3.59. The summed E-state index contributed by atoms with van der Waals surface area (Å²) >= 11 is 9.45. The molecule has 0 atom stereocenters. The third kappa shape index (κ3) is 5.00. The van der Waals surface area contributed by atoms with Crippen molar-refractivity contribution in [2.45, 2.75) is 49.1 Å². The molecule has 1 aromatic carbocycles. The lowest BCUT2D eigenvalue weighted by atomic mass is 9.95. The van der Waals surface area contributed by atoms with E-state index >= 15 is 0 Å². The van der Waals surface area contributed by atoms with Crippen molar-refractivity contribution in [3.8, 4) is 17.3 Å². The summed E-state index contributed by atoms with van der Waals surface area (Å²) in [4.78, 5) is 17.1. The van der Waals surface area contributed by atoms with Gasteiger partial charge in [0, 0.05) is 11.4 Å². The van der Waals surface area contributed by atoms with Gasteiger partial charge in [-0.05, 0) is 37.1 Å². The lowest BCUT2D eigenvalue weighted by molar-refractivity contribution is 0.0923. The maximum atomic E-state index is 12.6. The number of thiazole rings is 1. The molecule has 7 nitrogen and oxygen atoms in total. The second-order valence-electron chi connectivity index (χ2n) is 7.79. The maximum Gasteiger partial charge on any atom is 0.270 e. The van der Waals surface area contributed by atoms with Crippen molar-refractivity contribution < 1.29 is 9.21 Å². The molecular weight excluding hydrogens is 478 g/mol. The van der Waals surface area contributed by atoms with Gasteiger partial charge < -0.3 is 9.73 Å². The van der Waals surface area contributed by atoms with Gasteiger partial charge in [-0.15, -0.1) is 21.5 Å². The second-order valence-corrected chi connectivity index (χ2v) is 10.1. The minimum atomic E-state index is -0.0891. The summed E-state index contributed by atoms with van der Waals surface area (Å²) < 4.78 is 7.44. The molecule has 3 heterocycles. The van der Waals surface area contributed by atoms with E-state index in [1.165, 1.54) is 42.4 Å². The predicted molar refractivity (Wildman–Crippen MR) is 130 cm³/mol. The Morgan fingerprint density at radius 2 is 2.03 bits per heavy atom. The van der Waals surface area contributed by atoms with Gasteiger partial charge in [0.15, 0.2) is 10.9 Å². The summed E-state index contributed by atoms with van der Waals surface area (Å²) in [6.45, 7) is 0. The number of carbonyl (C=O) groups is 1. The van der Waals surface area contributed by atoms with Crippen LogP contribution in [0, 0.1) is 0 Å². The number of carbonyl (C=O) groups excluding carboxylic acids is 1. The number of thioether (sulfide) groups is 1. The minimum Gasteiger partial charge on any atom is -0.461 e. The summed E-state index contributed by atoms with van der Waals surface area (Å²) in [5.74, 6) is 1.64. The monoisotopic (exact) mass is 499 g/mol. The smallest absolute Gasteiger partial charge is 0.270 e. The number of aromatic nitrogens is 4. The Labute approximate surface area is 204 Å². The highest BCUT2D eigenvalue weighted by atomic mass is 35.5. The van der Waals surface area contributed by atoms with Crippen molar-refractivity contribution in [2.24, 2.45) is 0 Å². The number of hydrogen-bond acceptors (Lipinski definition) is 7. The number of para-hydroxylation sites is 1. The fourth-order valence-electron chi connectivity index (χ4n) is 3.89. The van der Waals surface area contributed by atoms with Gasteiger partial charge in [0.25, 0.3) is 5.91 Å². The van der Waals surface area contributed by atoms with E-state index in [-0.39, 0.29) is 11.9 Å². The van der Waals surface area contributed by atoms with Crippen LogP contribution in [0.4, 0.5) is 0 Å². The van der Waals surface area contributed by atoms with Gasteiger partial charge in [0.1, 0.15) is 10.7 Å². The molecule has 1 fully saturated rings. The van der Waals surface area contributed by atoms with E-state index in [9.17, 15) is 4.79 Å². The number of nitrogens with zero attached hydrogens (tertiary/aromatic N) is 4. The Morgan fingerprint density at radius 3 is 2.82 bits per heavy atom. The van der Waals surface area contributed by atoms with Crippen LogP contribution in [0.25, 0.3) is 17.3 Å². The number of rotatable bonds is 7. The van der Waals surface area contributed by atoms with Gasteiger partial charge in [-0.25, -0.2) is 4.98 Å². The molecule has 0 bridgehead atoms. The molecule has 0 radical (unpaired) electrons. The van der Waals surface area contributed by atoms with Crippen molar-refractivity contribution in [1.82, 2.24) is 25.1 Å². The summed E-state index contributed by atoms with van der Waals surface area (Å²) in [7, 11) is 0. The number of amides is 1. The van der Waals surface area contributed by atoms with Gasteiger partial charge in [-0.2, -0.15) is 0 Å². The largest absolute Gasteiger partial charge is 0.461 e. The highest BCUT2D eigenvalue weighted by Gasteiger charge is 2.21. The van der Waals surface area contributed by atoms with Crippen LogP contribution in [0.2, 0.25) is 5.02 Å². The first-order valence-corrected chi connectivity index (χ1v) is 13.1. The normalized spacial score (nSPS) is 14.5. The molecule has 170 valence electrons. The van der Waals surface area contributed by atoms with Crippen molar-refractivity contribution in [2.75, 3.05) is 0 Å². The maximum absolute atomic E-state index is 12.6. The Bertz CT molecular complexity index is 1230. The molecule has 1 amide bonds. The third-order valence-electron chi connectivity index (χ3n) is 5.52. The molecule has 10 heteroatoms. The molecule has 0 unspecified atom stereocenters. The highest BCUT2D eigenvalue weighted by molar-refractivity contribution is 7.98. The molecule has 1 saturated carbocycles. The quantitative estimate of drug-likeness (QED) is 0.314. The van der Waals surface area contributed by atoms with Gasteiger partial charge in [0.05, 0.1) is 22.7 Å². The van der Waals surface area contributed by atoms with Gasteiger partial charge in [0.2, 0.25) is 5.82 Å². The van der Waals surface area contributed by atoms with Crippen molar-refractivity contribution in [3.05, 3.63) is 63.8 Å². The first-order valence-electron chi connectivity index (χ1n) is 10.8. The zero-order valence-corrected chi connectivity index (χ0v) is 20.1. The van der Waals surface area contributed by atoms with Crippen LogP contribution in [-0.2, 0) is 5.75 Å². The number of nitrogens with one attached hydrogen (secondary N) is 1. The molecule has 33 heavy (non-hydrogen) atoms. The SMILES string of the molecule is O=C(NC1CCCCC1)c1csc(CSc2nnc(-c3ccco3)n2-c2ccccc2Cl)n1. The van der Waals surface area contributed by atoms with E-state index in [2.05, 4.69) is 20.5 Å². The fourth-order valence-corrected chi connectivity index (χ4v) is 5.85. The van der Waals surface area contributed by atoms with Crippen LogP contribution in [0.1, 0.15) is 47.6 Å². The Hall–Kier alpha value is -2.62. The van der Waals surface area contributed by atoms with Crippen molar-refractivity contribution >= 4 is 40.6 Å². The standard InChI is InChI=1S/C23H22ClN5O2S2/c24-16-9-4-5-10-18(16)29-21(19-11-6-12-31-19)27-28-23(29)33-14-20-26-17(13-32-20)22(30)25-15-7-2-1-3-8-15/h4-6,9-13,15H,1-3,7-8,14H2,(H,25,30). The first-order chi connectivity index (χ1) is 16.2. The fraction of sp³-hybridized carbons (Fsp3) is 0.304. The van der Waals surface area contributed by atoms with Gasteiger partial charge in [-0.3, -0.25) is 9.36 Å². The zero-order valence-electron chi connectivity index (χ0n) is 17.7. The molecule has 0 aliphatic heterocycles. The minimum absolute atomic E-state index is 0.0891. The molecule has 0 saturated heterocycles. The van der Waals surface area contributed by atoms with Crippen LogP contribution in [-0.4, -0.2) is 31.7 Å². The summed E-state index contributed by atoms with van der Waals surface area (Å²) in [6, 6.07) is 11.5. The van der Waals surface area contributed by atoms with Crippen LogP contribution in [0.3, 0.4) is 0 Å². The van der Waals surface area contributed by atoms with E-state index in [4.69, 9.17) is 16.0 Å². The number of furan rings is 1. The van der Waals surface area contributed by atoms with Crippen LogP contribution in [0.15, 0.2) is 57.6 Å². The van der Waals surface area contributed by atoms with E-state index in [0.29, 0.717) is 33.2 Å². The second kappa shape index (κ2) is 10.1. The van der Waals surface area contributed by atoms with Gasteiger partial charge in [-0.1, -0.05) is 54.8 Å². The van der Waals surface area contributed by atoms with Crippen LogP contribution >= 0.6 is 34.7 Å². The molecule has 5 rings (SSSR count). The third-order valence-corrected chi connectivity index (χ3v) is 7.81. The lowest BCUT2D eigenvalue weighted by Crippen LogP contribution is -2.36. The Morgan fingerprint density at radius 1 is 1.18 bits per heavy atom. The van der Waals surface area contributed by atoms with Crippen molar-refractivity contribution in [3.63, 3.8) is 0 Å². The zero-order chi connectivity index (χ0) is 22.6. The summed E-state index contributed by atoms with van der Waals surface area (Å²) in [5.41, 5.74) is 1.25. The van der Waals surface area contributed by atoms with Crippen molar-refractivity contribution in [1.29, 1.82) is 0 Å². The topological polar surface area (TPSA) is 85.8 Å². The van der Waals surface area contributed by atoms with E-state index in [0.717, 1.165) is 23.5 Å². The molecule has 1 aliphatic rings. The Kier molecular flexibility index (Phi) is 6.80. The molecule has 4 aromatic rings. The number of benzene rings is 1. The number of halogens is 1. The average molecular weight is 500 g/mol. The molecule has 1 N–H and O–H groups in total. The van der Waals surface area contributed by atoms with E-state index in [1.807, 2.05) is 46.3 Å². The van der Waals surface area contributed by atoms with Gasteiger partial charge >= 0.3 is 0 Å². The lowest BCUT2D eigenvalue weighted by Gasteiger charge is -2.22. The molecule has 0 spiro atoms. The van der Waals surface area contributed by atoms with Crippen LogP contribution in [0.5, 0.6) is 0 Å². The summed E-state index contributed by atoms with van der Waals surface area (Å²) in [5, 5.41) is 15.8.